The Hall–Kier alpha value is -0.510. The molecule has 9 heteroatoms. The number of ether oxygens (including phenoxy) is 1. The fourth-order valence-corrected chi connectivity index (χ4v) is 4.07. The summed E-state index contributed by atoms with van der Waals surface area (Å²) in [6.07, 6.45) is 1.64. The van der Waals surface area contributed by atoms with Gasteiger partial charge in [-0.1, -0.05) is 5.21 Å². The normalized spacial score (nSPS) is 21.6. The van der Waals surface area contributed by atoms with Crippen LogP contribution in [0.5, 0.6) is 0 Å². The van der Waals surface area contributed by atoms with Crippen molar-refractivity contribution in [2.75, 3.05) is 13.2 Å². The molecular weight excluding hydrogens is 312 g/mol. The van der Waals surface area contributed by atoms with Gasteiger partial charge >= 0.3 is 0 Å². The minimum atomic E-state index is -3.62. The number of aryl methyl sites for hydroxylation is 1. The van der Waals surface area contributed by atoms with Crippen molar-refractivity contribution in [3.05, 3.63) is 4.60 Å². The number of nitrogens with zero attached hydrogens (tertiary/aromatic N) is 3. The van der Waals surface area contributed by atoms with Gasteiger partial charge in [0.05, 0.1) is 6.61 Å². The Labute approximate surface area is 108 Å². The molecule has 1 unspecified atom stereocenters. The maximum atomic E-state index is 12.1. The third-order valence-corrected chi connectivity index (χ3v) is 4.88. The zero-order valence-corrected chi connectivity index (χ0v) is 11.7. The lowest BCUT2D eigenvalue weighted by molar-refractivity contribution is 0.0773. The predicted molar refractivity (Wildman–Crippen MR) is 62.9 cm³/mol. The van der Waals surface area contributed by atoms with Gasteiger partial charge in [0.25, 0.3) is 10.0 Å². The lowest BCUT2D eigenvalue weighted by atomic mass is 10.1. The largest absolute Gasteiger partial charge is 0.380 e. The van der Waals surface area contributed by atoms with Crippen LogP contribution < -0.4 is 4.72 Å². The molecule has 1 N–H and O–H groups in total. The van der Waals surface area contributed by atoms with Gasteiger partial charge in [-0.15, -0.1) is 5.10 Å². The fourth-order valence-electron chi connectivity index (χ4n) is 1.72. The summed E-state index contributed by atoms with van der Waals surface area (Å²) in [5.41, 5.74) is 0. The Balaban J connectivity index is 2.19. The van der Waals surface area contributed by atoms with Crippen LogP contribution in [-0.4, -0.2) is 42.7 Å². The molecule has 1 aliphatic rings. The number of aromatic nitrogens is 3. The van der Waals surface area contributed by atoms with E-state index in [1.165, 1.54) is 11.7 Å². The molecule has 1 aromatic heterocycles. The molecule has 0 amide bonds. The average molecular weight is 325 g/mol. The Kier molecular flexibility index (Phi) is 3.81. The molecule has 1 atom stereocenters. The van der Waals surface area contributed by atoms with E-state index < -0.39 is 10.0 Å². The first-order valence-corrected chi connectivity index (χ1v) is 7.43. The van der Waals surface area contributed by atoms with Gasteiger partial charge in [0.1, 0.15) is 0 Å². The van der Waals surface area contributed by atoms with Crippen molar-refractivity contribution in [2.45, 2.75) is 23.9 Å². The second-order valence-electron chi connectivity index (χ2n) is 3.84. The van der Waals surface area contributed by atoms with Crippen LogP contribution in [0.15, 0.2) is 9.63 Å². The molecule has 0 spiro atoms. The zero-order chi connectivity index (χ0) is 12.5. The third kappa shape index (κ3) is 2.84. The van der Waals surface area contributed by atoms with Gasteiger partial charge in [-0.2, -0.15) is 0 Å². The first-order valence-electron chi connectivity index (χ1n) is 5.16. The van der Waals surface area contributed by atoms with Gasteiger partial charge in [-0.3, -0.25) is 0 Å². The number of sulfonamides is 1. The van der Waals surface area contributed by atoms with Crippen LogP contribution in [0.1, 0.15) is 12.8 Å². The molecule has 0 aliphatic carbocycles. The molecule has 2 rings (SSSR count). The van der Waals surface area contributed by atoms with Crippen LogP contribution in [0.2, 0.25) is 0 Å². The summed E-state index contributed by atoms with van der Waals surface area (Å²) in [6, 6.07) is -0.185. The van der Waals surface area contributed by atoms with E-state index in [0.29, 0.717) is 13.2 Å². The lowest BCUT2D eigenvalue weighted by Crippen LogP contribution is -2.41. The lowest BCUT2D eigenvalue weighted by Gasteiger charge is -2.22. The predicted octanol–water partition coefficient (Wildman–Crippen LogP) is 0.0349. The smallest absolute Gasteiger partial charge is 0.260 e. The summed E-state index contributed by atoms with van der Waals surface area (Å²) in [7, 11) is -2.09. The minimum absolute atomic E-state index is 0.0306. The van der Waals surface area contributed by atoms with Crippen LogP contribution in [-0.2, 0) is 21.8 Å². The first-order chi connectivity index (χ1) is 8.00. The van der Waals surface area contributed by atoms with Gasteiger partial charge in [-0.25, -0.2) is 17.8 Å². The highest BCUT2D eigenvalue weighted by Gasteiger charge is 2.27. The molecule has 17 heavy (non-hydrogen) atoms. The summed E-state index contributed by atoms with van der Waals surface area (Å²) in [6.45, 7) is 1.09. The molecule has 1 aliphatic heterocycles. The fraction of sp³-hybridized carbons (Fsp3) is 0.750. The van der Waals surface area contributed by atoms with Crippen molar-refractivity contribution >= 4 is 26.0 Å². The summed E-state index contributed by atoms with van der Waals surface area (Å²) < 4.78 is 33.5. The molecule has 0 saturated carbocycles. The van der Waals surface area contributed by atoms with Crippen molar-refractivity contribution in [1.29, 1.82) is 0 Å². The van der Waals surface area contributed by atoms with E-state index in [2.05, 4.69) is 31.0 Å². The van der Waals surface area contributed by atoms with Gasteiger partial charge in [0.2, 0.25) is 5.03 Å². The van der Waals surface area contributed by atoms with E-state index in [0.717, 1.165) is 12.8 Å². The topological polar surface area (TPSA) is 86.1 Å². The number of hydrogen-bond acceptors (Lipinski definition) is 5. The molecule has 2 heterocycles. The second-order valence-corrected chi connectivity index (χ2v) is 6.22. The molecular formula is C8H13BrN4O3S. The van der Waals surface area contributed by atoms with E-state index in [1.54, 1.807) is 0 Å². The zero-order valence-electron chi connectivity index (χ0n) is 9.26. The van der Waals surface area contributed by atoms with Crippen molar-refractivity contribution in [3.63, 3.8) is 0 Å². The standard InChI is InChI=1S/C8H13BrN4O3S/c1-13-8(7(9)10-12-13)17(14,15)11-6-3-2-4-16-5-6/h6,11H,2-5H2,1H3. The van der Waals surface area contributed by atoms with Crippen molar-refractivity contribution in [2.24, 2.45) is 7.05 Å². The summed E-state index contributed by atoms with van der Waals surface area (Å²) >= 11 is 3.07. The average Bonchev–Trinajstić information content (AvgIpc) is 2.59. The number of rotatable bonds is 3. The maximum Gasteiger partial charge on any atom is 0.260 e. The first kappa shape index (κ1) is 12.9. The van der Waals surface area contributed by atoms with Crippen molar-refractivity contribution in [1.82, 2.24) is 19.7 Å². The van der Waals surface area contributed by atoms with Gasteiger partial charge in [0.15, 0.2) is 4.60 Å². The molecule has 1 aromatic rings. The van der Waals surface area contributed by atoms with Crippen LogP contribution >= 0.6 is 15.9 Å². The second kappa shape index (κ2) is 5.01. The number of halogens is 1. The summed E-state index contributed by atoms with van der Waals surface area (Å²) in [5, 5.41) is 7.33. The van der Waals surface area contributed by atoms with Gasteiger partial charge in [-0.05, 0) is 28.8 Å². The summed E-state index contributed by atoms with van der Waals surface area (Å²) in [4.78, 5) is 0. The van der Waals surface area contributed by atoms with Gasteiger partial charge < -0.3 is 4.74 Å². The van der Waals surface area contributed by atoms with E-state index in [9.17, 15) is 8.42 Å². The SMILES string of the molecule is Cn1nnc(Br)c1S(=O)(=O)NC1CCCOC1. The number of hydrogen-bond donors (Lipinski definition) is 1. The van der Waals surface area contributed by atoms with Crippen molar-refractivity contribution < 1.29 is 13.2 Å². The number of nitrogens with one attached hydrogen (secondary N) is 1. The molecule has 0 radical (unpaired) electrons. The quantitative estimate of drug-likeness (QED) is 0.848. The highest BCUT2D eigenvalue weighted by molar-refractivity contribution is 9.10. The van der Waals surface area contributed by atoms with Crippen LogP contribution in [0.25, 0.3) is 0 Å². The van der Waals surface area contributed by atoms with E-state index in [1.807, 2.05) is 0 Å². The van der Waals surface area contributed by atoms with E-state index in [4.69, 9.17) is 4.74 Å². The Morgan fingerprint density at radius 2 is 2.35 bits per heavy atom. The van der Waals surface area contributed by atoms with E-state index in [-0.39, 0.29) is 15.7 Å². The van der Waals surface area contributed by atoms with E-state index >= 15 is 0 Å². The van der Waals surface area contributed by atoms with Crippen LogP contribution in [0, 0.1) is 0 Å². The monoisotopic (exact) mass is 324 g/mol. The Bertz CT molecular complexity index is 475. The third-order valence-electron chi connectivity index (χ3n) is 2.47. The maximum absolute atomic E-state index is 12.1. The molecule has 0 aromatic carbocycles. The van der Waals surface area contributed by atoms with Crippen LogP contribution in [0.4, 0.5) is 0 Å². The van der Waals surface area contributed by atoms with Gasteiger partial charge in [0, 0.05) is 19.7 Å². The highest BCUT2D eigenvalue weighted by Crippen LogP contribution is 2.19. The minimum Gasteiger partial charge on any atom is -0.380 e. The summed E-state index contributed by atoms with van der Waals surface area (Å²) in [5.74, 6) is 0. The Morgan fingerprint density at radius 3 is 2.88 bits per heavy atom. The molecule has 7 nitrogen and oxygen atoms in total. The molecule has 1 fully saturated rings. The Morgan fingerprint density at radius 1 is 1.59 bits per heavy atom. The van der Waals surface area contributed by atoms with Crippen LogP contribution in [0.3, 0.4) is 0 Å². The highest BCUT2D eigenvalue weighted by atomic mass is 79.9. The molecule has 96 valence electrons. The molecule has 1 saturated heterocycles. The molecule has 0 bridgehead atoms. The van der Waals surface area contributed by atoms with Crippen molar-refractivity contribution in [3.8, 4) is 0 Å².